The SMILES string of the molecule is CCC1(CC)CCN(S(=O)(=O)c2cc(N)ccc2Br)C1. The van der Waals surface area contributed by atoms with Crippen LogP contribution in [0.5, 0.6) is 0 Å². The number of halogens is 1. The van der Waals surface area contributed by atoms with Crippen LogP contribution in [0, 0.1) is 5.41 Å². The summed E-state index contributed by atoms with van der Waals surface area (Å²) in [6.45, 7) is 5.46. The van der Waals surface area contributed by atoms with E-state index in [1.54, 1.807) is 16.4 Å². The molecule has 1 aromatic rings. The van der Waals surface area contributed by atoms with E-state index in [0.29, 0.717) is 23.2 Å². The van der Waals surface area contributed by atoms with Crippen LogP contribution in [-0.2, 0) is 10.0 Å². The topological polar surface area (TPSA) is 63.4 Å². The Labute approximate surface area is 129 Å². The van der Waals surface area contributed by atoms with E-state index in [4.69, 9.17) is 5.73 Å². The standard InChI is InChI=1S/C14H21BrN2O2S/c1-3-14(4-2)7-8-17(10-14)20(18,19)13-9-11(16)5-6-12(13)15/h5-6,9H,3-4,7-8,10,16H2,1-2H3. The van der Waals surface area contributed by atoms with E-state index in [9.17, 15) is 8.42 Å². The van der Waals surface area contributed by atoms with Crippen LogP contribution in [-0.4, -0.2) is 25.8 Å². The van der Waals surface area contributed by atoms with Gasteiger partial charge in [-0.05, 0) is 58.8 Å². The van der Waals surface area contributed by atoms with Gasteiger partial charge in [-0.2, -0.15) is 4.31 Å². The largest absolute Gasteiger partial charge is 0.399 e. The molecule has 2 N–H and O–H groups in total. The Morgan fingerprint density at radius 3 is 2.55 bits per heavy atom. The van der Waals surface area contributed by atoms with Crippen molar-refractivity contribution < 1.29 is 8.42 Å². The molecule has 1 fully saturated rings. The molecule has 2 rings (SSSR count). The van der Waals surface area contributed by atoms with Crippen molar-refractivity contribution in [3.63, 3.8) is 0 Å². The maximum absolute atomic E-state index is 12.8. The summed E-state index contributed by atoms with van der Waals surface area (Å²) in [7, 11) is -3.48. The molecule has 1 saturated heterocycles. The lowest BCUT2D eigenvalue weighted by atomic mass is 9.82. The summed E-state index contributed by atoms with van der Waals surface area (Å²) >= 11 is 3.31. The lowest BCUT2D eigenvalue weighted by molar-refractivity contribution is 0.279. The molecule has 4 nitrogen and oxygen atoms in total. The molecule has 0 amide bonds. The van der Waals surface area contributed by atoms with Crippen LogP contribution in [0.15, 0.2) is 27.6 Å². The average molecular weight is 361 g/mol. The first-order chi connectivity index (χ1) is 9.34. The van der Waals surface area contributed by atoms with E-state index in [-0.39, 0.29) is 10.3 Å². The highest BCUT2D eigenvalue weighted by Gasteiger charge is 2.41. The van der Waals surface area contributed by atoms with Gasteiger partial charge in [-0.1, -0.05) is 13.8 Å². The minimum atomic E-state index is -3.48. The predicted molar refractivity (Wildman–Crippen MR) is 84.9 cm³/mol. The first kappa shape index (κ1) is 15.8. The Morgan fingerprint density at radius 2 is 2.00 bits per heavy atom. The predicted octanol–water partition coefficient (Wildman–Crippen LogP) is 3.23. The number of sulfonamides is 1. The van der Waals surface area contributed by atoms with Gasteiger partial charge in [-0.3, -0.25) is 0 Å². The van der Waals surface area contributed by atoms with Crippen LogP contribution < -0.4 is 5.73 Å². The molecule has 0 unspecified atom stereocenters. The molecule has 0 radical (unpaired) electrons. The molecule has 20 heavy (non-hydrogen) atoms. The molecule has 1 aliphatic heterocycles. The van der Waals surface area contributed by atoms with Crippen molar-refractivity contribution in [1.82, 2.24) is 4.31 Å². The van der Waals surface area contributed by atoms with Crippen molar-refractivity contribution in [3.05, 3.63) is 22.7 Å². The minimum Gasteiger partial charge on any atom is -0.399 e. The molecular weight excluding hydrogens is 340 g/mol. The second kappa shape index (κ2) is 5.66. The van der Waals surface area contributed by atoms with E-state index in [2.05, 4.69) is 29.8 Å². The second-order valence-corrected chi connectivity index (χ2v) is 8.25. The summed E-state index contributed by atoms with van der Waals surface area (Å²) in [6, 6.07) is 4.90. The van der Waals surface area contributed by atoms with Crippen LogP contribution in [0.2, 0.25) is 0 Å². The summed E-state index contributed by atoms with van der Waals surface area (Å²) in [6.07, 6.45) is 2.94. The molecule has 0 aromatic heterocycles. The van der Waals surface area contributed by atoms with Crippen LogP contribution in [0.25, 0.3) is 0 Å². The fourth-order valence-corrected chi connectivity index (χ4v) is 5.30. The number of nitrogen functional groups attached to an aromatic ring is 1. The second-order valence-electron chi connectivity index (χ2n) is 5.49. The van der Waals surface area contributed by atoms with Gasteiger partial charge in [0.05, 0.1) is 4.90 Å². The zero-order valence-electron chi connectivity index (χ0n) is 11.9. The Kier molecular flexibility index (Phi) is 4.47. The number of nitrogens with zero attached hydrogens (tertiary/aromatic N) is 1. The van der Waals surface area contributed by atoms with Gasteiger partial charge in [0.1, 0.15) is 0 Å². The van der Waals surface area contributed by atoms with Crippen molar-refractivity contribution in [2.75, 3.05) is 18.8 Å². The fourth-order valence-electron chi connectivity index (χ4n) is 2.78. The van der Waals surface area contributed by atoms with Crippen molar-refractivity contribution >= 4 is 31.6 Å². The smallest absolute Gasteiger partial charge is 0.244 e. The number of nitrogens with two attached hydrogens (primary N) is 1. The summed E-state index contributed by atoms with van der Waals surface area (Å²) in [5.74, 6) is 0. The Morgan fingerprint density at radius 1 is 1.35 bits per heavy atom. The lowest BCUT2D eigenvalue weighted by Crippen LogP contribution is -2.32. The molecule has 112 valence electrons. The molecular formula is C14H21BrN2O2S. The van der Waals surface area contributed by atoms with Gasteiger partial charge in [0.15, 0.2) is 0 Å². The number of benzene rings is 1. The first-order valence-corrected chi connectivity index (χ1v) is 9.13. The number of hydrogen-bond donors (Lipinski definition) is 1. The van der Waals surface area contributed by atoms with Gasteiger partial charge in [-0.25, -0.2) is 8.42 Å². The van der Waals surface area contributed by atoms with E-state index in [1.165, 1.54) is 6.07 Å². The Bertz CT molecular complexity index is 597. The molecule has 1 aromatic carbocycles. The average Bonchev–Trinajstić information content (AvgIpc) is 2.87. The maximum Gasteiger partial charge on any atom is 0.244 e. The normalized spacial score (nSPS) is 19.4. The van der Waals surface area contributed by atoms with Gasteiger partial charge in [0.2, 0.25) is 10.0 Å². The third-order valence-corrected chi connectivity index (χ3v) is 7.32. The van der Waals surface area contributed by atoms with Crippen molar-refractivity contribution in [3.8, 4) is 0 Å². The highest BCUT2D eigenvalue weighted by Crippen LogP contribution is 2.40. The Hall–Kier alpha value is -0.590. The molecule has 1 heterocycles. The van der Waals surface area contributed by atoms with Crippen molar-refractivity contribution in [2.24, 2.45) is 5.41 Å². The lowest BCUT2D eigenvalue weighted by Gasteiger charge is -2.26. The minimum absolute atomic E-state index is 0.125. The highest BCUT2D eigenvalue weighted by molar-refractivity contribution is 9.10. The zero-order valence-corrected chi connectivity index (χ0v) is 14.3. The van der Waals surface area contributed by atoms with Gasteiger partial charge < -0.3 is 5.73 Å². The van der Waals surface area contributed by atoms with Crippen LogP contribution in [0.3, 0.4) is 0 Å². The van der Waals surface area contributed by atoms with Crippen molar-refractivity contribution in [1.29, 1.82) is 0 Å². The molecule has 0 aliphatic carbocycles. The van der Waals surface area contributed by atoms with Gasteiger partial charge in [0.25, 0.3) is 0 Å². The third-order valence-electron chi connectivity index (χ3n) is 4.48. The van der Waals surface area contributed by atoms with Gasteiger partial charge in [-0.15, -0.1) is 0 Å². The number of rotatable bonds is 4. The number of hydrogen-bond acceptors (Lipinski definition) is 3. The van der Waals surface area contributed by atoms with Crippen LogP contribution >= 0.6 is 15.9 Å². The summed E-state index contributed by atoms with van der Waals surface area (Å²) in [5, 5.41) is 0. The Balaban J connectivity index is 2.35. The fraction of sp³-hybridized carbons (Fsp3) is 0.571. The maximum atomic E-state index is 12.8. The number of anilines is 1. The third kappa shape index (κ3) is 2.73. The summed E-state index contributed by atoms with van der Waals surface area (Å²) in [5.41, 5.74) is 6.31. The van der Waals surface area contributed by atoms with Gasteiger partial charge >= 0.3 is 0 Å². The molecule has 0 saturated carbocycles. The van der Waals surface area contributed by atoms with E-state index in [0.717, 1.165) is 19.3 Å². The monoisotopic (exact) mass is 360 g/mol. The summed E-state index contributed by atoms with van der Waals surface area (Å²) in [4.78, 5) is 0.264. The first-order valence-electron chi connectivity index (χ1n) is 6.90. The van der Waals surface area contributed by atoms with Gasteiger partial charge in [0, 0.05) is 23.2 Å². The van der Waals surface area contributed by atoms with E-state index in [1.807, 2.05) is 0 Å². The molecule has 0 bridgehead atoms. The molecule has 1 aliphatic rings. The highest BCUT2D eigenvalue weighted by atomic mass is 79.9. The molecule has 0 atom stereocenters. The van der Waals surface area contributed by atoms with Crippen LogP contribution in [0.1, 0.15) is 33.1 Å². The van der Waals surface area contributed by atoms with E-state index >= 15 is 0 Å². The summed E-state index contributed by atoms with van der Waals surface area (Å²) < 4.78 is 27.7. The molecule has 6 heteroatoms. The zero-order chi connectivity index (χ0) is 15.0. The quantitative estimate of drug-likeness (QED) is 0.838. The molecule has 0 spiro atoms. The van der Waals surface area contributed by atoms with Crippen molar-refractivity contribution in [2.45, 2.75) is 38.0 Å². The van der Waals surface area contributed by atoms with Crippen LogP contribution in [0.4, 0.5) is 5.69 Å². The van der Waals surface area contributed by atoms with E-state index < -0.39 is 10.0 Å².